The molecule has 0 aromatic heterocycles. The molecule has 2 aromatic carbocycles. The third kappa shape index (κ3) is 4.53. The highest BCUT2D eigenvalue weighted by atomic mass is 35.5. The standard InChI is InChI=1S/C21H19ClN2O4/c1-23-21(26)17-11-16(27-2)5-6-18(17)24-20(25)8-3-13-9-14-10-15(22)4-7-19(14)28-12-13/h3-11H,12H2,1-2H3,(H,23,26)(H,24,25). The second kappa shape index (κ2) is 8.63. The molecule has 0 radical (unpaired) electrons. The Balaban J connectivity index is 1.75. The highest BCUT2D eigenvalue weighted by Gasteiger charge is 2.14. The summed E-state index contributed by atoms with van der Waals surface area (Å²) < 4.78 is 10.8. The highest BCUT2D eigenvalue weighted by molar-refractivity contribution is 6.30. The predicted molar refractivity (Wildman–Crippen MR) is 109 cm³/mol. The number of ether oxygens (including phenoxy) is 2. The van der Waals surface area contributed by atoms with Gasteiger partial charge in [-0.25, -0.2) is 0 Å². The van der Waals surface area contributed by atoms with Crippen molar-refractivity contribution >= 4 is 35.2 Å². The van der Waals surface area contributed by atoms with E-state index in [4.69, 9.17) is 21.1 Å². The molecule has 0 fully saturated rings. The number of carbonyl (C=O) groups excluding carboxylic acids is 2. The van der Waals surface area contributed by atoms with E-state index in [0.29, 0.717) is 28.6 Å². The number of rotatable bonds is 5. The molecular formula is C21H19ClN2O4. The Labute approximate surface area is 167 Å². The van der Waals surface area contributed by atoms with Crippen LogP contribution in [-0.2, 0) is 4.79 Å². The zero-order valence-electron chi connectivity index (χ0n) is 15.4. The van der Waals surface area contributed by atoms with Crippen LogP contribution in [0.2, 0.25) is 5.02 Å². The van der Waals surface area contributed by atoms with E-state index in [1.807, 2.05) is 12.1 Å². The quantitative estimate of drug-likeness (QED) is 0.753. The Morgan fingerprint density at radius 2 is 2.04 bits per heavy atom. The average molecular weight is 399 g/mol. The van der Waals surface area contributed by atoms with Gasteiger partial charge in [0.2, 0.25) is 5.91 Å². The van der Waals surface area contributed by atoms with Crippen LogP contribution in [0.4, 0.5) is 5.69 Å². The first-order valence-corrected chi connectivity index (χ1v) is 8.90. The predicted octanol–water partition coefficient (Wildman–Crippen LogP) is 3.68. The van der Waals surface area contributed by atoms with Crippen LogP contribution >= 0.6 is 11.6 Å². The van der Waals surface area contributed by atoms with Gasteiger partial charge < -0.3 is 20.1 Å². The van der Waals surface area contributed by atoms with Crippen molar-refractivity contribution in [2.45, 2.75) is 0 Å². The molecule has 0 spiro atoms. The molecular weight excluding hydrogens is 380 g/mol. The van der Waals surface area contributed by atoms with Gasteiger partial charge in [-0.05, 0) is 48.0 Å². The average Bonchev–Trinajstić information content (AvgIpc) is 2.71. The number of hydrogen-bond donors (Lipinski definition) is 2. The van der Waals surface area contributed by atoms with Crippen LogP contribution in [-0.4, -0.2) is 32.6 Å². The van der Waals surface area contributed by atoms with Crippen molar-refractivity contribution in [3.05, 3.63) is 70.3 Å². The van der Waals surface area contributed by atoms with E-state index in [1.54, 1.807) is 36.4 Å². The third-order valence-corrected chi connectivity index (χ3v) is 4.35. The minimum atomic E-state index is -0.367. The number of halogens is 1. The molecule has 2 aromatic rings. The van der Waals surface area contributed by atoms with Gasteiger partial charge in [0.15, 0.2) is 0 Å². The van der Waals surface area contributed by atoms with Crippen molar-refractivity contribution < 1.29 is 19.1 Å². The SMILES string of the molecule is CNC(=O)c1cc(OC)ccc1NC(=O)C=CC1=Cc2cc(Cl)ccc2OC1. The lowest BCUT2D eigenvalue weighted by Crippen LogP contribution is -2.21. The molecule has 1 heterocycles. The molecule has 0 atom stereocenters. The van der Waals surface area contributed by atoms with Crippen molar-refractivity contribution in [3.8, 4) is 11.5 Å². The maximum atomic E-state index is 12.3. The summed E-state index contributed by atoms with van der Waals surface area (Å²) in [5.74, 6) is 0.580. The topological polar surface area (TPSA) is 76.7 Å². The first kappa shape index (κ1) is 19.5. The summed E-state index contributed by atoms with van der Waals surface area (Å²) in [4.78, 5) is 24.4. The van der Waals surface area contributed by atoms with Gasteiger partial charge in [0.05, 0.1) is 18.4 Å². The first-order chi connectivity index (χ1) is 13.5. The fourth-order valence-corrected chi connectivity index (χ4v) is 2.88. The Morgan fingerprint density at radius 3 is 2.79 bits per heavy atom. The van der Waals surface area contributed by atoms with Crippen molar-refractivity contribution in [2.75, 3.05) is 26.1 Å². The lowest BCUT2D eigenvalue weighted by Gasteiger charge is -2.16. The molecule has 6 nitrogen and oxygen atoms in total. The molecule has 0 saturated carbocycles. The molecule has 1 aliphatic heterocycles. The van der Waals surface area contributed by atoms with E-state index in [0.717, 1.165) is 16.9 Å². The summed E-state index contributed by atoms with van der Waals surface area (Å²) in [6, 6.07) is 10.2. The molecule has 0 saturated heterocycles. The maximum absolute atomic E-state index is 12.3. The zero-order chi connectivity index (χ0) is 20.1. The number of nitrogens with one attached hydrogen (secondary N) is 2. The van der Waals surface area contributed by atoms with E-state index in [2.05, 4.69) is 10.6 Å². The Morgan fingerprint density at radius 1 is 1.21 bits per heavy atom. The van der Waals surface area contributed by atoms with E-state index in [1.165, 1.54) is 20.2 Å². The molecule has 0 bridgehead atoms. The molecule has 0 aliphatic carbocycles. The normalized spacial score (nSPS) is 12.6. The monoisotopic (exact) mass is 398 g/mol. The van der Waals surface area contributed by atoms with Gasteiger partial charge in [-0.1, -0.05) is 17.7 Å². The van der Waals surface area contributed by atoms with Crippen molar-refractivity contribution in [2.24, 2.45) is 0 Å². The lowest BCUT2D eigenvalue weighted by atomic mass is 10.1. The summed E-state index contributed by atoms with van der Waals surface area (Å²) in [6.45, 7) is 0.352. The Bertz CT molecular complexity index is 982. The summed E-state index contributed by atoms with van der Waals surface area (Å²) in [6.07, 6.45) is 4.97. The van der Waals surface area contributed by atoms with Gasteiger partial charge in [0.25, 0.3) is 5.91 Å². The molecule has 0 unspecified atom stereocenters. The second-order valence-corrected chi connectivity index (χ2v) is 6.44. The van der Waals surface area contributed by atoms with Crippen LogP contribution in [0.15, 0.2) is 54.1 Å². The van der Waals surface area contributed by atoms with Crippen LogP contribution in [0.3, 0.4) is 0 Å². The van der Waals surface area contributed by atoms with Gasteiger partial charge in [0.1, 0.15) is 18.1 Å². The number of amides is 2. The van der Waals surface area contributed by atoms with Crippen LogP contribution < -0.4 is 20.1 Å². The number of hydrogen-bond acceptors (Lipinski definition) is 4. The van der Waals surface area contributed by atoms with Crippen LogP contribution in [0.25, 0.3) is 6.08 Å². The summed E-state index contributed by atoms with van der Waals surface area (Å²) >= 11 is 6.01. The van der Waals surface area contributed by atoms with Crippen molar-refractivity contribution in [3.63, 3.8) is 0 Å². The molecule has 28 heavy (non-hydrogen) atoms. The van der Waals surface area contributed by atoms with Crippen LogP contribution in [0.1, 0.15) is 15.9 Å². The van der Waals surface area contributed by atoms with Gasteiger partial charge >= 0.3 is 0 Å². The van der Waals surface area contributed by atoms with Gasteiger partial charge in [0, 0.05) is 23.7 Å². The minimum absolute atomic E-state index is 0.312. The number of fused-ring (bicyclic) bond motifs is 1. The molecule has 2 N–H and O–H groups in total. The molecule has 2 amide bonds. The Hall–Kier alpha value is -3.25. The summed E-state index contributed by atoms with van der Waals surface area (Å²) in [5.41, 5.74) is 2.38. The highest BCUT2D eigenvalue weighted by Crippen LogP contribution is 2.29. The fourth-order valence-electron chi connectivity index (χ4n) is 2.70. The third-order valence-electron chi connectivity index (χ3n) is 4.11. The van der Waals surface area contributed by atoms with Crippen molar-refractivity contribution in [1.82, 2.24) is 5.32 Å². The molecule has 1 aliphatic rings. The summed E-state index contributed by atoms with van der Waals surface area (Å²) in [7, 11) is 3.03. The molecule has 7 heteroatoms. The van der Waals surface area contributed by atoms with Gasteiger partial charge in [-0.15, -0.1) is 0 Å². The smallest absolute Gasteiger partial charge is 0.253 e. The number of benzene rings is 2. The van der Waals surface area contributed by atoms with E-state index in [-0.39, 0.29) is 11.8 Å². The minimum Gasteiger partial charge on any atom is -0.497 e. The van der Waals surface area contributed by atoms with Crippen LogP contribution in [0, 0.1) is 0 Å². The van der Waals surface area contributed by atoms with E-state index < -0.39 is 0 Å². The first-order valence-electron chi connectivity index (χ1n) is 8.52. The number of methoxy groups -OCH3 is 1. The van der Waals surface area contributed by atoms with E-state index in [9.17, 15) is 9.59 Å². The Kier molecular flexibility index (Phi) is 6.01. The van der Waals surface area contributed by atoms with Gasteiger partial charge in [-0.3, -0.25) is 9.59 Å². The zero-order valence-corrected chi connectivity index (χ0v) is 16.2. The van der Waals surface area contributed by atoms with Crippen LogP contribution in [0.5, 0.6) is 11.5 Å². The number of anilines is 1. The van der Waals surface area contributed by atoms with Crippen molar-refractivity contribution in [1.29, 1.82) is 0 Å². The largest absolute Gasteiger partial charge is 0.497 e. The fraction of sp³-hybridized carbons (Fsp3) is 0.143. The number of carbonyl (C=O) groups is 2. The lowest BCUT2D eigenvalue weighted by molar-refractivity contribution is -0.111. The second-order valence-electron chi connectivity index (χ2n) is 6.00. The molecule has 3 rings (SSSR count). The summed E-state index contributed by atoms with van der Waals surface area (Å²) in [5, 5.41) is 5.87. The van der Waals surface area contributed by atoms with Gasteiger partial charge in [-0.2, -0.15) is 0 Å². The molecule has 144 valence electrons. The van der Waals surface area contributed by atoms with E-state index >= 15 is 0 Å². The maximum Gasteiger partial charge on any atom is 0.253 e.